The smallest absolute Gasteiger partial charge is 0.152 e. The van der Waals surface area contributed by atoms with Gasteiger partial charge >= 0.3 is 0 Å². The molecular formula is C13H15NO2S2. The minimum Gasteiger partial charge on any atom is -0.308 e. The van der Waals surface area contributed by atoms with Crippen molar-refractivity contribution in [2.45, 2.75) is 12.5 Å². The van der Waals surface area contributed by atoms with Crippen molar-refractivity contribution in [3.63, 3.8) is 0 Å². The van der Waals surface area contributed by atoms with Gasteiger partial charge in [-0.3, -0.25) is 0 Å². The molecule has 0 amide bonds. The standard InChI is InChI=1S/C13H15NO2S2/c15-18(16)7-3-6-14-11(9-18)13-8-10-4-1-2-5-12(10)17-13/h1-2,4-5,8,11,14H,3,6-7,9H2. The maximum absolute atomic E-state index is 11.8. The highest BCUT2D eigenvalue weighted by molar-refractivity contribution is 7.91. The second kappa shape index (κ2) is 4.64. The van der Waals surface area contributed by atoms with Crippen molar-refractivity contribution in [1.82, 2.24) is 5.32 Å². The van der Waals surface area contributed by atoms with Crippen LogP contribution in [0.5, 0.6) is 0 Å². The molecule has 1 aliphatic heterocycles. The van der Waals surface area contributed by atoms with Gasteiger partial charge in [0.15, 0.2) is 9.84 Å². The molecule has 3 nitrogen and oxygen atoms in total. The van der Waals surface area contributed by atoms with Crippen LogP contribution < -0.4 is 5.32 Å². The molecule has 18 heavy (non-hydrogen) atoms. The summed E-state index contributed by atoms with van der Waals surface area (Å²) in [6.45, 7) is 0.776. The van der Waals surface area contributed by atoms with Crippen molar-refractivity contribution >= 4 is 31.3 Å². The lowest BCUT2D eigenvalue weighted by molar-refractivity contribution is 0.577. The molecule has 1 fully saturated rings. The quantitative estimate of drug-likeness (QED) is 0.873. The first-order chi connectivity index (χ1) is 8.64. The average Bonchev–Trinajstić information content (AvgIpc) is 2.68. The minimum atomic E-state index is -2.91. The zero-order valence-corrected chi connectivity index (χ0v) is 11.6. The van der Waals surface area contributed by atoms with E-state index in [9.17, 15) is 8.42 Å². The monoisotopic (exact) mass is 281 g/mol. The zero-order chi connectivity index (χ0) is 12.6. The summed E-state index contributed by atoms with van der Waals surface area (Å²) in [5.74, 6) is 0.529. The molecule has 0 radical (unpaired) electrons. The van der Waals surface area contributed by atoms with E-state index in [4.69, 9.17) is 0 Å². The molecule has 2 aromatic rings. The summed E-state index contributed by atoms with van der Waals surface area (Å²) in [4.78, 5) is 1.13. The summed E-state index contributed by atoms with van der Waals surface area (Å²) in [6, 6.07) is 10.2. The van der Waals surface area contributed by atoms with Gasteiger partial charge in [0.05, 0.1) is 17.5 Å². The number of thiophene rings is 1. The maximum atomic E-state index is 11.8. The third-order valence-electron chi connectivity index (χ3n) is 3.23. The van der Waals surface area contributed by atoms with E-state index >= 15 is 0 Å². The van der Waals surface area contributed by atoms with E-state index < -0.39 is 9.84 Å². The van der Waals surface area contributed by atoms with Crippen molar-refractivity contribution in [2.75, 3.05) is 18.1 Å². The molecule has 5 heteroatoms. The van der Waals surface area contributed by atoms with Crippen molar-refractivity contribution in [3.05, 3.63) is 35.2 Å². The molecule has 1 aliphatic rings. The fourth-order valence-corrected chi connectivity index (χ4v) is 5.12. The second-order valence-corrected chi connectivity index (χ2v) is 8.01. The predicted molar refractivity (Wildman–Crippen MR) is 75.8 cm³/mol. The number of sulfone groups is 1. The zero-order valence-electron chi connectivity index (χ0n) is 9.93. The summed E-state index contributed by atoms with van der Waals surface area (Å²) in [5, 5.41) is 4.54. The highest BCUT2D eigenvalue weighted by atomic mass is 32.2. The topological polar surface area (TPSA) is 46.2 Å². The molecule has 0 saturated carbocycles. The van der Waals surface area contributed by atoms with E-state index in [0.717, 1.165) is 11.4 Å². The van der Waals surface area contributed by atoms with Crippen LogP contribution in [0.15, 0.2) is 30.3 Å². The van der Waals surface area contributed by atoms with Crippen LogP contribution in [-0.4, -0.2) is 26.5 Å². The molecule has 3 rings (SSSR count). The molecule has 1 saturated heterocycles. The molecule has 1 aromatic heterocycles. The highest BCUT2D eigenvalue weighted by Crippen LogP contribution is 2.31. The lowest BCUT2D eigenvalue weighted by atomic mass is 10.2. The Kier molecular flexibility index (Phi) is 3.13. The third-order valence-corrected chi connectivity index (χ3v) is 6.21. The number of hydrogen-bond acceptors (Lipinski definition) is 4. The molecule has 96 valence electrons. The fraction of sp³-hybridized carbons (Fsp3) is 0.385. The largest absolute Gasteiger partial charge is 0.308 e. The Morgan fingerprint density at radius 3 is 2.94 bits per heavy atom. The van der Waals surface area contributed by atoms with Crippen molar-refractivity contribution < 1.29 is 8.42 Å². The van der Waals surface area contributed by atoms with E-state index in [1.807, 2.05) is 12.1 Å². The summed E-state index contributed by atoms with van der Waals surface area (Å²) < 4.78 is 24.9. The Balaban J connectivity index is 1.97. The molecule has 0 aliphatic carbocycles. The molecule has 0 bridgehead atoms. The summed E-state index contributed by atoms with van der Waals surface area (Å²) in [7, 11) is -2.91. The first-order valence-corrected chi connectivity index (χ1v) is 8.70. The Morgan fingerprint density at radius 2 is 2.11 bits per heavy atom. The SMILES string of the molecule is O=S1(=O)CCCNC(c2cc3ccccc3s2)C1. The Hall–Kier alpha value is -0.910. The van der Waals surface area contributed by atoms with E-state index in [2.05, 4.69) is 23.5 Å². The number of fused-ring (bicyclic) bond motifs is 1. The number of benzene rings is 1. The van der Waals surface area contributed by atoms with Gasteiger partial charge in [0.2, 0.25) is 0 Å². The van der Waals surface area contributed by atoms with Crippen LogP contribution in [-0.2, 0) is 9.84 Å². The second-order valence-electron chi connectivity index (χ2n) is 4.66. The Labute approximate surface area is 111 Å². The minimum absolute atomic E-state index is 0.0464. The van der Waals surface area contributed by atoms with Crippen molar-refractivity contribution in [3.8, 4) is 0 Å². The van der Waals surface area contributed by atoms with Gasteiger partial charge in [-0.2, -0.15) is 0 Å². The van der Waals surface area contributed by atoms with Gasteiger partial charge < -0.3 is 5.32 Å². The highest BCUT2D eigenvalue weighted by Gasteiger charge is 2.24. The van der Waals surface area contributed by atoms with Crippen LogP contribution in [0.3, 0.4) is 0 Å². The lowest BCUT2D eigenvalue weighted by Gasteiger charge is -2.12. The Bertz CT molecular complexity index is 627. The molecule has 1 aromatic carbocycles. The van der Waals surface area contributed by atoms with Gasteiger partial charge in [-0.15, -0.1) is 11.3 Å². The molecule has 1 unspecified atom stereocenters. The van der Waals surface area contributed by atoms with Gasteiger partial charge in [0, 0.05) is 9.58 Å². The summed E-state index contributed by atoms with van der Waals surface area (Å²) in [6.07, 6.45) is 0.712. The van der Waals surface area contributed by atoms with Gasteiger partial charge in [0.1, 0.15) is 0 Å². The van der Waals surface area contributed by atoms with Crippen molar-refractivity contribution in [2.24, 2.45) is 0 Å². The van der Waals surface area contributed by atoms with Gasteiger partial charge in [0.25, 0.3) is 0 Å². The first kappa shape index (κ1) is 12.1. The third kappa shape index (κ3) is 2.43. The normalized spacial score (nSPS) is 23.9. The van der Waals surface area contributed by atoms with Crippen molar-refractivity contribution in [1.29, 1.82) is 0 Å². The molecule has 0 spiro atoms. The van der Waals surface area contributed by atoms with Gasteiger partial charge in [-0.25, -0.2) is 8.42 Å². The molecular weight excluding hydrogens is 266 g/mol. The Morgan fingerprint density at radius 1 is 1.28 bits per heavy atom. The van der Waals surface area contributed by atoms with Crippen LogP contribution in [0, 0.1) is 0 Å². The lowest BCUT2D eigenvalue weighted by Crippen LogP contribution is -2.24. The van der Waals surface area contributed by atoms with Crippen LogP contribution in [0.4, 0.5) is 0 Å². The number of hydrogen-bond donors (Lipinski definition) is 1. The summed E-state index contributed by atoms with van der Waals surface area (Å²) >= 11 is 1.69. The number of nitrogens with one attached hydrogen (secondary N) is 1. The van der Waals surface area contributed by atoms with Crippen LogP contribution in [0.25, 0.3) is 10.1 Å². The van der Waals surface area contributed by atoms with Gasteiger partial charge in [-0.05, 0) is 30.5 Å². The first-order valence-electron chi connectivity index (χ1n) is 6.06. The van der Waals surface area contributed by atoms with Crippen LogP contribution >= 0.6 is 11.3 Å². The van der Waals surface area contributed by atoms with Crippen LogP contribution in [0.1, 0.15) is 17.3 Å². The molecule has 1 N–H and O–H groups in total. The average molecular weight is 281 g/mol. The van der Waals surface area contributed by atoms with E-state index in [1.54, 1.807) is 11.3 Å². The summed E-state index contributed by atoms with van der Waals surface area (Å²) in [5.41, 5.74) is 0. The predicted octanol–water partition coefficient (Wildman–Crippen LogP) is 2.35. The molecule has 1 atom stereocenters. The van der Waals surface area contributed by atoms with E-state index in [-0.39, 0.29) is 11.8 Å². The maximum Gasteiger partial charge on any atom is 0.152 e. The van der Waals surface area contributed by atoms with Gasteiger partial charge in [-0.1, -0.05) is 18.2 Å². The fourth-order valence-electron chi connectivity index (χ4n) is 2.32. The van der Waals surface area contributed by atoms with E-state index in [1.165, 1.54) is 10.1 Å². The number of rotatable bonds is 1. The molecule has 2 heterocycles. The van der Waals surface area contributed by atoms with E-state index in [0.29, 0.717) is 12.2 Å². The van der Waals surface area contributed by atoms with Crippen LogP contribution in [0.2, 0.25) is 0 Å².